The van der Waals surface area contributed by atoms with E-state index in [2.05, 4.69) is 11.8 Å². The summed E-state index contributed by atoms with van der Waals surface area (Å²) < 4.78 is 5.91. The summed E-state index contributed by atoms with van der Waals surface area (Å²) in [6, 6.07) is 7.97. The van der Waals surface area contributed by atoms with Gasteiger partial charge in [-0.1, -0.05) is 25.1 Å². The molecule has 1 heterocycles. The van der Waals surface area contributed by atoms with E-state index in [-0.39, 0.29) is 6.10 Å². The van der Waals surface area contributed by atoms with Gasteiger partial charge in [0.15, 0.2) is 0 Å². The molecular weight excluding hydrogens is 262 g/mol. The smallest absolute Gasteiger partial charge is 0.125 e. The fourth-order valence-corrected chi connectivity index (χ4v) is 3.19. The molecule has 1 aliphatic rings. The van der Waals surface area contributed by atoms with Gasteiger partial charge in [-0.25, -0.2) is 0 Å². The van der Waals surface area contributed by atoms with Gasteiger partial charge in [0.2, 0.25) is 0 Å². The second-order valence-electron chi connectivity index (χ2n) is 6.39. The molecule has 2 rings (SSSR count). The van der Waals surface area contributed by atoms with Crippen molar-refractivity contribution in [3.8, 4) is 5.75 Å². The fourth-order valence-electron chi connectivity index (χ4n) is 3.19. The van der Waals surface area contributed by atoms with Gasteiger partial charge in [0, 0.05) is 12.1 Å². The SMILES string of the molecule is CCCN1CCCC(O)(c2ccccc2OC(C)C)CC1. The minimum absolute atomic E-state index is 0.122. The van der Waals surface area contributed by atoms with Crippen LogP contribution in [0.4, 0.5) is 0 Å². The lowest BCUT2D eigenvalue weighted by molar-refractivity contribution is 0.0176. The monoisotopic (exact) mass is 291 g/mol. The van der Waals surface area contributed by atoms with Crippen LogP contribution in [0, 0.1) is 0 Å². The Bertz CT molecular complexity index is 447. The van der Waals surface area contributed by atoms with Gasteiger partial charge in [-0.05, 0) is 58.7 Å². The number of benzene rings is 1. The molecule has 1 aliphatic heterocycles. The molecular formula is C18H29NO2. The first-order valence-electron chi connectivity index (χ1n) is 8.26. The van der Waals surface area contributed by atoms with Gasteiger partial charge in [0.1, 0.15) is 5.75 Å². The molecule has 1 N–H and O–H groups in total. The molecule has 0 radical (unpaired) electrons. The van der Waals surface area contributed by atoms with Crippen LogP contribution in [0.5, 0.6) is 5.75 Å². The Kier molecular flexibility index (Phi) is 5.65. The summed E-state index contributed by atoms with van der Waals surface area (Å²) in [5.41, 5.74) is 0.200. The molecule has 0 bridgehead atoms. The molecule has 0 aromatic heterocycles. The third-order valence-electron chi connectivity index (χ3n) is 4.20. The lowest BCUT2D eigenvalue weighted by atomic mass is 9.86. The molecule has 0 spiro atoms. The number of ether oxygens (including phenoxy) is 1. The van der Waals surface area contributed by atoms with Crippen molar-refractivity contribution in [1.29, 1.82) is 0 Å². The maximum absolute atomic E-state index is 11.2. The highest BCUT2D eigenvalue weighted by molar-refractivity contribution is 5.38. The second kappa shape index (κ2) is 7.28. The van der Waals surface area contributed by atoms with Crippen molar-refractivity contribution in [1.82, 2.24) is 4.90 Å². The summed E-state index contributed by atoms with van der Waals surface area (Å²) in [7, 11) is 0. The molecule has 1 saturated heterocycles. The van der Waals surface area contributed by atoms with E-state index in [9.17, 15) is 5.11 Å². The molecule has 0 saturated carbocycles. The topological polar surface area (TPSA) is 32.7 Å². The predicted octanol–water partition coefficient (Wildman–Crippen LogP) is 3.56. The first-order valence-corrected chi connectivity index (χ1v) is 8.26. The number of hydrogen-bond acceptors (Lipinski definition) is 3. The summed E-state index contributed by atoms with van der Waals surface area (Å²) in [4.78, 5) is 2.46. The van der Waals surface area contributed by atoms with Crippen molar-refractivity contribution < 1.29 is 9.84 Å². The Morgan fingerprint density at radius 3 is 2.71 bits per heavy atom. The van der Waals surface area contributed by atoms with Gasteiger partial charge in [-0.2, -0.15) is 0 Å². The average Bonchev–Trinajstić information content (AvgIpc) is 2.62. The first-order chi connectivity index (χ1) is 10.0. The van der Waals surface area contributed by atoms with E-state index in [1.807, 2.05) is 38.1 Å². The van der Waals surface area contributed by atoms with Crippen LogP contribution in [-0.2, 0) is 5.60 Å². The summed E-state index contributed by atoms with van der Waals surface area (Å²) in [6.45, 7) is 9.43. The molecule has 1 atom stereocenters. The van der Waals surface area contributed by atoms with Crippen molar-refractivity contribution in [2.24, 2.45) is 0 Å². The van der Waals surface area contributed by atoms with Gasteiger partial charge in [-0.15, -0.1) is 0 Å². The fraction of sp³-hybridized carbons (Fsp3) is 0.667. The van der Waals surface area contributed by atoms with E-state index in [4.69, 9.17) is 4.74 Å². The van der Waals surface area contributed by atoms with Crippen LogP contribution in [-0.4, -0.2) is 35.7 Å². The highest BCUT2D eigenvalue weighted by Gasteiger charge is 2.34. The van der Waals surface area contributed by atoms with E-state index >= 15 is 0 Å². The van der Waals surface area contributed by atoms with Crippen molar-refractivity contribution in [3.63, 3.8) is 0 Å². The van der Waals surface area contributed by atoms with Crippen LogP contribution in [0.25, 0.3) is 0 Å². The zero-order valence-electron chi connectivity index (χ0n) is 13.6. The highest BCUT2D eigenvalue weighted by atomic mass is 16.5. The van der Waals surface area contributed by atoms with E-state index in [1.54, 1.807) is 0 Å². The number of nitrogens with zero attached hydrogens (tertiary/aromatic N) is 1. The van der Waals surface area contributed by atoms with Crippen LogP contribution in [0.2, 0.25) is 0 Å². The zero-order chi connectivity index (χ0) is 15.3. The van der Waals surface area contributed by atoms with Crippen LogP contribution in [0.3, 0.4) is 0 Å². The lowest BCUT2D eigenvalue weighted by Crippen LogP contribution is -2.30. The third kappa shape index (κ3) is 4.21. The first kappa shape index (κ1) is 16.3. The van der Waals surface area contributed by atoms with Gasteiger partial charge >= 0.3 is 0 Å². The van der Waals surface area contributed by atoms with E-state index in [0.29, 0.717) is 0 Å². The Labute approximate surface area is 128 Å². The van der Waals surface area contributed by atoms with Crippen LogP contribution in [0.1, 0.15) is 52.0 Å². The van der Waals surface area contributed by atoms with Crippen LogP contribution in [0.15, 0.2) is 24.3 Å². The number of para-hydroxylation sites is 1. The predicted molar refractivity (Wildman–Crippen MR) is 86.7 cm³/mol. The molecule has 1 aromatic rings. The van der Waals surface area contributed by atoms with Crippen LogP contribution < -0.4 is 4.74 Å². The summed E-state index contributed by atoms with van der Waals surface area (Å²) in [5, 5.41) is 11.2. The summed E-state index contributed by atoms with van der Waals surface area (Å²) >= 11 is 0. The minimum atomic E-state index is -0.756. The Morgan fingerprint density at radius 2 is 2.00 bits per heavy atom. The van der Waals surface area contributed by atoms with E-state index in [1.165, 1.54) is 6.42 Å². The molecule has 0 aliphatic carbocycles. The number of rotatable bonds is 5. The van der Waals surface area contributed by atoms with Gasteiger partial charge in [0.05, 0.1) is 11.7 Å². The molecule has 1 fully saturated rings. The Morgan fingerprint density at radius 1 is 1.24 bits per heavy atom. The summed E-state index contributed by atoms with van der Waals surface area (Å²) in [5.74, 6) is 0.832. The molecule has 3 heteroatoms. The lowest BCUT2D eigenvalue weighted by Gasteiger charge is -2.30. The molecule has 1 unspecified atom stereocenters. The number of aliphatic hydroxyl groups is 1. The quantitative estimate of drug-likeness (QED) is 0.900. The number of likely N-dealkylation sites (tertiary alicyclic amines) is 1. The third-order valence-corrected chi connectivity index (χ3v) is 4.20. The molecule has 118 valence electrons. The molecule has 0 amide bonds. The maximum atomic E-state index is 11.2. The van der Waals surface area contributed by atoms with E-state index < -0.39 is 5.60 Å². The molecule has 3 nitrogen and oxygen atoms in total. The molecule has 1 aromatic carbocycles. The highest BCUT2D eigenvalue weighted by Crippen LogP contribution is 2.38. The Balaban J connectivity index is 2.19. The summed E-state index contributed by atoms with van der Waals surface area (Å²) in [6.07, 6.45) is 3.92. The average molecular weight is 291 g/mol. The van der Waals surface area contributed by atoms with Gasteiger partial charge in [-0.3, -0.25) is 0 Å². The van der Waals surface area contributed by atoms with Gasteiger partial charge < -0.3 is 14.7 Å². The largest absolute Gasteiger partial charge is 0.491 e. The second-order valence-corrected chi connectivity index (χ2v) is 6.39. The standard InChI is InChI=1S/C18H29NO2/c1-4-12-19-13-7-10-18(20,11-14-19)16-8-5-6-9-17(16)21-15(2)3/h5-6,8-9,15,20H,4,7,10-14H2,1-3H3. The van der Waals surface area contributed by atoms with Crippen LogP contribution >= 0.6 is 0 Å². The van der Waals surface area contributed by atoms with Crippen molar-refractivity contribution in [3.05, 3.63) is 29.8 Å². The van der Waals surface area contributed by atoms with E-state index in [0.717, 1.165) is 50.2 Å². The number of hydrogen-bond donors (Lipinski definition) is 1. The van der Waals surface area contributed by atoms with Crippen molar-refractivity contribution in [2.75, 3.05) is 19.6 Å². The Hall–Kier alpha value is -1.06. The van der Waals surface area contributed by atoms with Gasteiger partial charge in [0.25, 0.3) is 0 Å². The normalized spacial score (nSPS) is 24.0. The van der Waals surface area contributed by atoms with Crippen molar-refractivity contribution in [2.45, 2.75) is 58.2 Å². The zero-order valence-corrected chi connectivity index (χ0v) is 13.6. The minimum Gasteiger partial charge on any atom is -0.491 e. The molecule has 21 heavy (non-hydrogen) atoms. The maximum Gasteiger partial charge on any atom is 0.125 e. The van der Waals surface area contributed by atoms with Crippen molar-refractivity contribution >= 4 is 0 Å².